The molecule has 0 bridgehead atoms. The van der Waals surface area contributed by atoms with Crippen LogP contribution >= 0.6 is 0 Å². The van der Waals surface area contributed by atoms with E-state index in [9.17, 15) is 8.42 Å². The molecule has 2 aliphatic rings. The Hall–Kier alpha value is -0.680. The van der Waals surface area contributed by atoms with Crippen LogP contribution in [0, 0.1) is 11.3 Å². The Bertz CT molecular complexity index is 501. The van der Waals surface area contributed by atoms with Gasteiger partial charge in [0.25, 0.3) is 0 Å². The van der Waals surface area contributed by atoms with Crippen LogP contribution in [0.25, 0.3) is 0 Å². The van der Waals surface area contributed by atoms with E-state index in [1.54, 1.807) is 6.92 Å². The monoisotopic (exact) mass is 342 g/mol. The van der Waals surface area contributed by atoms with Gasteiger partial charge in [-0.3, -0.25) is 4.90 Å². The fourth-order valence-corrected chi connectivity index (χ4v) is 5.28. The van der Waals surface area contributed by atoms with Gasteiger partial charge in [-0.2, -0.15) is 9.57 Å². The maximum absolute atomic E-state index is 12.4. The van der Waals surface area contributed by atoms with Crippen molar-refractivity contribution in [3.8, 4) is 6.07 Å². The van der Waals surface area contributed by atoms with Crippen molar-refractivity contribution >= 4 is 10.0 Å². The van der Waals surface area contributed by atoms with Gasteiger partial charge in [0.1, 0.15) is 0 Å². The molecule has 0 radical (unpaired) electrons. The van der Waals surface area contributed by atoms with Crippen LogP contribution in [0.15, 0.2) is 0 Å². The van der Waals surface area contributed by atoms with Crippen LogP contribution in [0.2, 0.25) is 0 Å². The molecule has 7 heteroatoms. The van der Waals surface area contributed by atoms with Gasteiger partial charge in [-0.15, -0.1) is 0 Å². The van der Waals surface area contributed by atoms with Gasteiger partial charge in [0, 0.05) is 32.2 Å². The molecule has 6 nitrogen and oxygen atoms in total. The highest BCUT2D eigenvalue weighted by atomic mass is 32.2. The first kappa shape index (κ1) is 18.7. The summed E-state index contributed by atoms with van der Waals surface area (Å²) in [5.74, 6) is 0. The summed E-state index contributed by atoms with van der Waals surface area (Å²) in [6.07, 6.45) is 3.93. The molecular formula is C16H30N4O2S. The van der Waals surface area contributed by atoms with Crippen LogP contribution in [0.1, 0.15) is 39.5 Å². The summed E-state index contributed by atoms with van der Waals surface area (Å²) in [6, 6.07) is 2.52. The molecule has 0 N–H and O–H groups in total. The van der Waals surface area contributed by atoms with Crippen molar-refractivity contribution in [2.45, 2.75) is 50.8 Å². The summed E-state index contributed by atoms with van der Waals surface area (Å²) in [6.45, 7) is 10.1. The van der Waals surface area contributed by atoms with Gasteiger partial charge in [0.05, 0.1) is 6.07 Å². The lowest BCUT2D eigenvalue weighted by molar-refractivity contribution is 0.0810. The molecule has 132 valence electrons. The average molecular weight is 343 g/mol. The van der Waals surface area contributed by atoms with E-state index in [1.165, 1.54) is 30.1 Å². The molecule has 0 amide bonds. The highest BCUT2D eigenvalue weighted by Gasteiger charge is 2.35. The minimum absolute atomic E-state index is 0.356. The largest absolute Gasteiger partial charge is 0.303 e. The summed E-state index contributed by atoms with van der Waals surface area (Å²) in [5.41, 5.74) is 0. The highest BCUT2D eigenvalue weighted by Crippen LogP contribution is 2.21. The van der Waals surface area contributed by atoms with Gasteiger partial charge < -0.3 is 4.90 Å². The molecule has 2 saturated heterocycles. The van der Waals surface area contributed by atoms with Gasteiger partial charge in [-0.05, 0) is 45.3 Å². The van der Waals surface area contributed by atoms with Crippen LogP contribution in [0.3, 0.4) is 0 Å². The molecule has 0 aliphatic carbocycles. The van der Waals surface area contributed by atoms with E-state index in [-0.39, 0.29) is 0 Å². The molecule has 2 heterocycles. The fraction of sp³-hybridized carbons (Fsp3) is 0.938. The van der Waals surface area contributed by atoms with Crippen LogP contribution < -0.4 is 0 Å². The Labute approximate surface area is 141 Å². The lowest BCUT2D eigenvalue weighted by Gasteiger charge is -2.42. The first-order valence-electron chi connectivity index (χ1n) is 8.87. The third kappa shape index (κ3) is 4.44. The smallest absolute Gasteiger partial charge is 0.230 e. The number of hydrogen-bond acceptors (Lipinski definition) is 5. The average Bonchev–Trinajstić information content (AvgIpc) is 2.57. The summed E-state index contributed by atoms with van der Waals surface area (Å²) in [4.78, 5) is 4.97. The van der Waals surface area contributed by atoms with E-state index in [4.69, 9.17) is 5.26 Å². The van der Waals surface area contributed by atoms with Crippen molar-refractivity contribution in [1.82, 2.24) is 14.1 Å². The first-order chi connectivity index (χ1) is 11.0. The van der Waals surface area contributed by atoms with Crippen LogP contribution in [0.4, 0.5) is 0 Å². The number of piperazine rings is 1. The molecule has 2 rings (SSSR count). The highest BCUT2D eigenvalue weighted by molar-refractivity contribution is 7.90. The van der Waals surface area contributed by atoms with Crippen molar-refractivity contribution in [3.63, 3.8) is 0 Å². The van der Waals surface area contributed by atoms with E-state index in [2.05, 4.69) is 16.7 Å². The molecule has 0 aromatic rings. The molecule has 0 aromatic heterocycles. The maximum atomic E-state index is 12.4. The van der Waals surface area contributed by atoms with Gasteiger partial charge in [-0.1, -0.05) is 13.8 Å². The Kier molecular flexibility index (Phi) is 6.84. The molecule has 0 spiro atoms. The summed E-state index contributed by atoms with van der Waals surface area (Å²) in [5, 5.41) is 8.15. The SMILES string of the molecule is CCCN1CCC(N2CCN(S(=O)(=O)[C@H](C#N)CC)CC2)CC1. The molecule has 0 unspecified atom stereocenters. The predicted molar refractivity (Wildman–Crippen MR) is 91.5 cm³/mol. The molecule has 1 atom stereocenters. The van der Waals surface area contributed by atoms with Crippen molar-refractivity contribution < 1.29 is 8.42 Å². The van der Waals surface area contributed by atoms with Gasteiger partial charge in [-0.25, -0.2) is 8.42 Å². The molecule has 0 saturated carbocycles. The Morgan fingerprint density at radius 2 is 1.70 bits per heavy atom. The van der Waals surface area contributed by atoms with Crippen molar-refractivity contribution in [1.29, 1.82) is 5.26 Å². The number of hydrogen-bond donors (Lipinski definition) is 0. The van der Waals surface area contributed by atoms with Crippen LogP contribution in [0.5, 0.6) is 0 Å². The predicted octanol–water partition coefficient (Wildman–Crippen LogP) is 1.11. The normalized spacial score (nSPS) is 24.4. The lowest BCUT2D eigenvalue weighted by Crippen LogP contribution is -2.55. The van der Waals surface area contributed by atoms with Crippen LogP contribution in [-0.4, -0.2) is 79.6 Å². The zero-order valence-corrected chi connectivity index (χ0v) is 15.3. The Morgan fingerprint density at radius 3 is 2.17 bits per heavy atom. The second kappa shape index (κ2) is 8.43. The van der Waals surface area contributed by atoms with E-state index in [0.717, 1.165) is 26.2 Å². The maximum Gasteiger partial charge on any atom is 0.230 e. The Morgan fingerprint density at radius 1 is 1.09 bits per heavy atom. The zero-order valence-electron chi connectivity index (χ0n) is 14.4. The molecule has 23 heavy (non-hydrogen) atoms. The first-order valence-corrected chi connectivity index (χ1v) is 10.4. The second-order valence-corrected chi connectivity index (χ2v) is 8.69. The van der Waals surface area contributed by atoms with E-state index in [1.807, 2.05) is 6.07 Å². The lowest BCUT2D eigenvalue weighted by atomic mass is 10.0. The summed E-state index contributed by atoms with van der Waals surface area (Å²) in [7, 11) is -3.46. The summed E-state index contributed by atoms with van der Waals surface area (Å²) >= 11 is 0. The topological polar surface area (TPSA) is 67.7 Å². The van der Waals surface area contributed by atoms with E-state index < -0.39 is 15.3 Å². The number of rotatable bonds is 6. The van der Waals surface area contributed by atoms with Gasteiger partial charge in [0.2, 0.25) is 10.0 Å². The number of likely N-dealkylation sites (tertiary alicyclic amines) is 1. The second-order valence-electron chi connectivity index (χ2n) is 6.58. The molecule has 2 aliphatic heterocycles. The van der Waals surface area contributed by atoms with Crippen molar-refractivity contribution in [2.75, 3.05) is 45.8 Å². The van der Waals surface area contributed by atoms with Crippen molar-refractivity contribution in [2.24, 2.45) is 0 Å². The number of piperidine rings is 1. The van der Waals surface area contributed by atoms with Gasteiger partial charge >= 0.3 is 0 Å². The fourth-order valence-electron chi connectivity index (χ4n) is 3.70. The molecular weight excluding hydrogens is 312 g/mol. The summed E-state index contributed by atoms with van der Waals surface area (Å²) < 4.78 is 26.4. The minimum atomic E-state index is -3.46. The van der Waals surface area contributed by atoms with E-state index >= 15 is 0 Å². The van der Waals surface area contributed by atoms with E-state index in [0.29, 0.717) is 25.6 Å². The van der Waals surface area contributed by atoms with Crippen LogP contribution in [-0.2, 0) is 10.0 Å². The number of sulfonamides is 1. The van der Waals surface area contributed by atoms with Crippen molar-refractivity contribution in [3.05, 3.63) is 0 Å². The third-order valence-electron chi connectivity index (χ3n) is 5.12. The Balaban J connectivity index is 1.84. The van der Waals surface area contributed by atoms with Gasteiger partial charge in [0.15, 0.2) is 5.25 Å². The standard InChI is InChI=1S/C16H30N4O2S/c1-3-7-18-8-5-15(6-9-18)19-10-12-20(13-11-19)23(21,22)16(4-2)14-17/h15-16H,3-13H2,1-2H3/t16-/m0/s1. The number of nitriles is 1. The molecule has 0 aromatic carbocycles. The minimum Gasteiger partial charge on any atom is -0.303 e. The number of nitrogens with zero attached hydrogens (tertiary/aromatic N) is 4. The zero-order chi connectivity index (χ0) is 16.9. The molecule has 2 fully saturated rings. The third-order valence-corrected chi connectivity index (χ3v) is 7.36. The quantitative estimate of drug-likeness (QED) is 0.723.